The number of aromatic carboxylic acids is 1. The van der Waals surface area contributed by atoms with Crippen molar-refractivity contribution < 1.29 is 9.90 Å². The first kappa shape index (κ1) is 14.4. The van der Waals surface area contributed by atoms with Crippen LogP contribution in [-0.4, -0.2) is 21.0 Å². The van der Waals surface area contributed by atoms with Gasteiger partial charge in [0.1, 0.15) is 11.9 Å². The number of hydrogen-bond donors (Lipinski definition) is 2. The number of benzene rings is 1. The Labute approximate surface area is 121 Å². The SMILES string of the molecule is C[C@H](NCc1ncncc1C(=O)O)c1cccc(Cl)c1. The summed E-state index contributed by atoms with van der Waals surface area (Å²) in [5.74, 6) is -1.03. The summed E-state index contributed by atoms with van der Waals surface area (Å²) in [6.45, 7) is 2.32. The van der Waals surface area contributed by atoms with Gasteiger partial charge in [-0.05, 0) is 24.6 Å². The number of carboxylic acid groups (broad SMARTS) is 1. The molecule has 1 atom stereocenters. The molecule has 20 heavy (non-hydrogen) atoms. The molecule has 0 spiro atoms. The molecule has 0 bridgehead atoms. The Kier molecular flexibility index (Phi) is 4.65. The van der Waals surface area contributed by atoms with E-state index in [0.29, 0.717) is 17.3 Å². The molecule has 0 aliphatic carbocycles. The summed E-state index contributed by atoms with van der Waals surface area (Å²) in [6, 6.07) is 7.55. The molecule has 0 aliphatic heterocycles. The Morgan fingerprint density at radius 2 is 2.30 bits per heavy atom. The first-order chi connectivity index (χ1) is 9.58. The van der Waals surface area contributed by atoms with Gasteiger partial charge in [-0.3, -0.25) is 0 Å². The van der Waals surface area contributed by atoms with Crippen molar-refractivity contribution in [3.05, 3.63) is 58.6 Å². The van der Waals surface area contributed by atoms with E-state index in [4.69, 9.17) is 16.7 Å². The lowest BCUT2D eigenvalue weighted by molar-refractivity contribution is 0.0694. The van der Waals surface area contributed by atoms with E-state index in [-0.39, 0.29) is 11.6 Å². The number of carbonyl (C=O) groups is 1. The summed E-state index contributed by atoms with van der Waals surface area (Å²) in [6.07, 6.45) is 2.64. The molecule has 6 heteroatoms. The highest BCUT2D eigenvalue weighted by Crippen LogP contribution is 2.17. The van der Waals surface area contributed by atoms with Crippen molar-refractivity contribution in [2.45, 2.75) is 19.5 Å². The van der Waals surface area contributed by atoms with Crippen molar-refractivity contribution in [3.63, 3.8) is 0 Å². The minimum absolute atomic E-state index is 0.0327. The molecule has 0 fully saturated rings. The Balaban J connectivity index is 2.07. The molecule has 0 saturated carbocycles. The van der Waals surface area contributed by atoms with Gasteiger partial charge in [-0.2, -0.15) is 0 Å². The summed E-state index contributed by atoms with van der Waals surface area (Å²) >= 11 is 5.95. The van der Waals surface area contributed by atoms with Gasteiger partial charge in [0.05, 0.1) is 5.69 Å². The molecule has 0 aliphatic rings. The molecular weight excluding hydrogens is 278 g/mol. The van der Waals surface area contributed by atoms with Crippen LogP contribution in [0.3, 0.4) is 0 Å². The second-order valence-electron chi connectivity index (χ2n) is 4.35. The van der Waals surface area contributed by atoms with E-state index in [1.807, 2.05) is 31.2 Å². The van der Waals surface area contributed by atoms with Crippen LogP contribution < -0.4 is 5.32 Å². The van der Waals surface area contributed by atoms with Gasteiger partial charge in [0.25, 0.3) is 0 Å². The predicted octanol–water partition coefficient (Wildman–Crippen LogP) is 2.68. The quantitative estimate of drug-likeness (QED) is 0.886. The third kappa shape index (κ3) is 3.53. The monoisotopic (exact) mass is 291 g/mol. The molecule has 5 nitrogen and oxygen atoms in total. The highest BCUT2D eigenvalue weighted by Gasteiger charge is 2.12. The molecule has 0 amide bonds. The van der Waals surface area contributed by atoms with Crippen molar-refractivity contribution in [3.8, 4) is 0 Å². The van der Waals surface area contributed by atoms with Gasteiger partial charge >= 0.3 is 5.97 Å². The van der Waals surface area contributed by atoms with Crippen LogP contribution in [0.2, 0.25) is 5.02 Å². The zero-order valence-electron chi connectivity index (χ0n) is 10.9. The van der Waals surface area contributed by atoms with E-state index in [1.165, 1.54) is 12.5 Å². The van der Waals surface area contributed by atoms with Gasteiger partial charge < -0.3 is 10.4 Å². The second-order valence-corrected chi connectivity index (χ2v) is 4.78. The summed E-state index contributed by atoms with van der Waals surface area (Å²) in [5.41, 5.74) is 1.60. The lowest BCUT2D eigenvalue weighted by Gasteiger charge is -2.14. The number of halogens is 1. The third-order valence-electron chi connectivity index (χ3n) is 2.95. The maximum atomic E-state index is 11.1. The van der Waals surface area contributed by atoms with Crippen molar-refractivity contribution in [2.24, 2.45) is 0 Å². The lowest BCUT2D eigenvalue weighted by Crippen LogP contribution is -2.20. The number of nitrogens with one attached hydrogen (secondary N) is 1. The standard InChI is InChI=1S/C14H14ClN3O2/c1-9(10-3-2-4-11(15)5-10)17-7-13-12(14(19)20)6-16-8-18-13/h2-6,8-9,17H,7H2,1H3,(H,19,20)/t9-/m0/s1. The number of hydrogen-bond acceptors (Lipinski definition) is 4. The molecule has 0 saturated heterocycles. The summed E-state index contributed by atoms with van der Waals surface area (Å²) in [4.78, 5) is 18.8. The van der Waals surface area contributed by atoms with E-state index in [1.54, 1.807) is 0 Å². The molecule has 1 aromatic carbocycles. The van der Waals surface area contributed by atoms with Crippen LogP contribution in [0, 0.1) is 0 Å². The van der Waals surface area contributed by atoms with Crippen molar-refractivity contribution >= 4 is 17.6 Å². The number of aromatic nitrogens is 2. The minimum atomic E-state index is -1.03. The zero-order valence-corrected chi connectivity index (χ0v) is 11.6. The van der Waals surface area contributed by atoms with Gasteiger partial charge in [-0.15, -0.1) is 0 Å². The minimum Gasteiger partial charge on any atom is -0.478 e. The van der Waals surface area contributed by atoms with Crippen LogP contribution in [0.25, 0.3) is 0 Å². The second kappa shape index (κ2) is 6.45. The Hall–Kier alpha value is -1.98. The molecular formula is C14H14ClN3O2. The first-order valence-corrected chi connectivity index (χ1v) is 6.46. The molecule has 0 unspecified atom stereocenters. The predicted molar refractivity (Wildman–Crippen MR) is 75.7 cm³/mol. The van der Waals surface area contributed by atoms with E-state index in [9.17, 15) is 4.79 Å². The third-order valence-corrected chi connectivity index (χ3v) is 3.18. The highest BCUT2D eigenvalue weighted by atomic mass is 35.5. The maximum absolute atomic E-state index is 11.1. The van der Waals surface area contributed by atoms with Crippen LogP contribution in [0.1, 0.15) is 34.6 Å². The van der Waals surface area contributed by atoms with Crippen molar-refractivity contribution in [2.75, 3.05) is 0 Å². The topological polar surface area (TPSA) is 75.1 Å². The van der Waals surface area contributed by atoms with Gasteiger partial charge in [0.15, 0.2) is 0 Å². The summed E-state index contributed by atoms with van der Waals surface area (Å²) in [7, 11) is 0. The Bertz CT molecular complexity index is 619. The van der Waals surface area contributed by atoms with E-state index in [2.05, 4.69) is 15.3 Å². The molecule has 1 heterocycles. The normalized spacial score (nSPS) is 12.1. The Morgan fingerprint density at radius 1 is 1.50 bits per heavy atom. The largest absolute Gasteiger partial charge is 0.478 e. The van der Waals surface area contributed by atoms with Crippen LogP contribution in [0.5, 0.6) is 0 Å². The molecule has 2 aromatic rings. The first-order valence-electron chi connectivity index (χ1n) is 6.09. The van der Waals surface area contributed by atoms with E-state index >= 15 is 0 Å². The van der Waals surface area contributed by atoms with Crippen LogP contribution in [0.15, 0.2) is 36.8 Å². The van der Waals surface area contributed by atoms with E-state index in [0.717, 1.165) is 5.56 Å². The molecule has 2 rings (SSSR count). The van der Waals surface area contributed by atoms with Gasteiger partial charge in [-0.25, -0.2) is 14.8 Å². The van der Waals surface area contributed by atoms with Crippen LogP contribution >= 0.6 is 11.6 Å². The summed E-state index contributed by atoms with van der Waals surface area (Å²) < 4.78 is 0. The fourth-order valence-electron chi connectivity index (χ4n) is 1.82. The van der Waals surface area contributed by atoms with Crippen molar-refractivity contribution in [1.29, 1.82) is 0 Å². The number of nitrogens with zero attached hydrogens (tertiary/aromatic N) is 2. The number of carboxylic acids is 1. The van der Waals surface area contributed by atoms with Gasteiger partial charge in [0.2, 0.25) is 0 Å². The molecule has 0 radical (unpaired) electrons. The molecule has 2 N–H and O–H groups in total. The van der Waals surface area contributed by atoms with Crippen molar-refractivity contribution in [1.82, 2.24) is 15.3 Å². The fourth-order valence-corrected chi connectivity index (χ4v) is 2.02. The zero-order chi connectivity index (χ0) is 14.5. The van der Waals surface area contributed by atoms with E-state index < -0.39 is 5.97 Å². The average molecular weight is 292 g/mol. The lowest BCUT2D eigenvalue weighted by atomic mass is 10.1. The van der Waals surface area contributed by atoms with Gasteiger partial charge in [0, 0.05) is 23.8 Å². The summed E-state index contributed by atoms with van der Waals surface area (Å²) in [5, 5.41) is 13.0. The van der Waals surface area contributed by atoms with Crippen LogP contribution in [0.4, 0.5) is 0 Å². The fraction of sp³-hybridized carbons (Fsp3) is 0.214. The maximum Gasteiger partial charge on any atom is 0.339 e. The molecule has 1 aromatic heterocycles. The molecule has 104 valence electrons. The van der Waals surface area contributed by atoms with Gasteiger partial charge in [-0.1, -0.05) is 23.7 Å². The highest BCUT2D eigenvalue weighted by molar-refractivity contribution is 6.30. The Morgan fingerprint density at radius 3 is 3.00 bits per heavy atom. The number of rotatable bonds is 5. The van der Waals surface area contributed by atoms with Crippen LogP contribution in [-0.2, 0) is 6.54 Å². The smallest absolute Gasteiger partial charge is 0.339 e. The average Bonchev–Trinajstić information content (AvgIpc) is 2.45.